The van der Waals surface area contributed by atoms with Gasteiger partial charge in [-0.3, -0.25) is 9.59 Å². The van der Waals surface area contributed by atoms with Crippen molar-refractivity contribution in [3.63, 3.8) is 0 Å². The Bertz CT molecular complexity index is 523. The summed E-state index contributed by atoms with van der Waals surface area (Å²) < 4.78 is 10.4. The first-order valence-electron chi connectivity index (χ1n) is 7.15. The highest BCUT2D eigenvalue weighted by Gasteiger charge is 2.24. The first-order chi connectivity index (χ1) is 10.2. The van der Waals surface area contributed by atoms with Crippen molar-refractivity contribution in [2.45, 2.75) is 18.9 Å². The fourth-order valence-corrected chi connectivity index (χ4v) is 2.52. The topological polar surface area (TPSA) is 67.9 Å². The molecule has 0 aromatic heterocycles. The zero-order valence-corrected chi connectivity index (χ0v) is 11.7. The highest BCUT2D eigenvalue weighted by molar-refractivity contribution is 5.96. The van der Waals surface area contributed by atoms with Crippen molar-refractivity contribution in [3.8, 4) is 0 Å². The predicted octanol–water partition coefficient (Wildman–Crippen LogP) is 1.17. The molecule has 0 radical (unpaired) electrons. The van der Waals surface area contributed by atoms with Crippen molar-refractivity contribution in [3.05, 3.63) is 24.3 Å². The van der Waals surface area contributed by atoms with Gasteiger partial charge in [-0.1, -0.05) is 0 Å². The summed E-state index contributed by atoms with van der Waals surface area (Å²) in [4.78, 5) is 25.4. The molecule has 2 amide bonds. The molecule has 112 valence electrons. The van der Waals surface area contributed by atoms with Crippen LogP contribution in [0.1, 0.15) is 12.8 Å². The Kier molecular flexibility index (Phi) is 4.17. The van der Waals surface area contributed by atoms with Crippen molar-refractivity contribution >= 4 is 23.2 Å². The number of nitrogens with one attached hydrogen (secondary N) is 1. The number of amides is 2. The smallest absolute Gasteiger partial charge is 0.253 e. The SMILES string of the molecule is O=C(Nc1ccc(N2CCOCC2=O)cc1)C1CCCO1. The van der Waals surface area contributed by atoms with Crippen LogP contribution in [0.15, 0.2) is 24.3 Å². The molecule has 2 heterocycles. The number of carbonyl (C=O) groups is 2. The first-order valence-corrected chi connectivity index (χ1v) is 7.15. The van der Waals surface area contributed by atoms with Crippen LogP contribution in [0.25, 0.3) is 0 Å². The third-order valence-corrected chi connectivity index (χ3v) is 3.65. The van der Waals surface area contributed by atoms with Gasteiger partial charge in [0.15, 0.2) is 0 Å². The summed E-state index contributed by atoms with van der Waals surface area (Å²) in [6, 6.07) is 7.25. The van der Waals surface area contributed by atoms with E-state index in [4.69, 9.17) is 9.47 Å². The number of hydrogen-bond acceptors (Lipinski definition) is 4. The third-order valence-electron chi connectivity index (χ3n) is 3.65. The Morgan fingerprint density at radius 1 is 1.24 bits per heavy atom. The average Bonchev–Trinajstić information content (AvgIpc) is 3.03. The normalized spacial score (nSPS) is 22.4. The summed E-state index contributed by atoms with van der Waals surface area (Å²) in [6.07, 6.45) is 1.35. The Morgan fingerprint density at radius 3 is 2.71 bits per heavy atom. The van der Waals surface area contributed by atoms with Crippen LogP contribution in [0, 0.1) is 0 Å². The molecule has 2 aliphatic rings. The molecule has 6 heteroatoms. The largest absolute Gasteiger partial charge is 0.370 e. The van der Waals surface area contributed by atoms with Crippen LogP contribution in [-0.2, 0) is 19.1 Å². The van der Waals surface area contributed by atoms with E-state index in [2.05, 4.69) is 5.32 Å². The van der Waals surface area contributed by atoms with E-state index in [-0.39, 0.29) is 24.5 Å². The summed E-state index contributed by atoms with van der Waals surface area (Å²) >= 11 is 0. The third kappa shape index (κ3) is 3.22. The predicted molar refractivity (Wildman–Crippen MR) is 77.2 cm³/mol. The molecule has 0 saturated carbocycles. The lowest BCUT2D eigenvalue weighted by atomic mass is 10.2. The lowest BCUT2D eigenvalue weighted by molar-refractivity contribution is -0.126. The van der Waals surface area contributed by atoms with E-state index in [0.717, 1.165) is 18.5 Å². The Balaban J connectivity index is 1.63. The molecule has 1 aromatic carbocycles. The molecule has 21 heavy (non-hydrogen) atoms. The minimum absolute atomic E-state index is 0.0441. The second kappa shape index (κ2) is 6.24. The molecule has 2 saturated heterocycles. The fraction of sp³-hybridized carbons (Fsp3) is 0.467. The molecule has 1 unspecified atom stereocenters. The van der Waals surface area contributed by atoms with Crippen molar-refractivity contribution < 1.29 is 19.1 Å². The van der Waals surface area contributed by atoms with Crippen LogP contribution < -0.4 is 10.2 Å². The average molecular weight is 290 g/mol. The van der Waals surface area contributed by atoms with Crippen molar-refractivity contribution in [1.82, 2.24) is 0 Å². The van der Waals surface area contributed by atoms with Gasteiger partial charge in [-0.15, -0.1) is 0 Å². The molecule has 2 aliphatic heterocycles. The molecule has 0 aliphatic carbocycles. The molecule has 1 atom stereocenters. The van der Waals surface area contributed by atoms with E-state index in [1.807, 2.05) is 12.1 Å². The number of morpholine rings is 1. The van der Waals surface area contributed by atoms with Gasteiger partial charge >= 0.3 is 0 Å². The maximum Gasteiger partial charge on any atom is 0.253 e. The van der Waals surface area contributed by atoms with E-state index < -0.39 is 0 Å². The molecular weight excluding hydrogens is 272 g/mol. The zero-order chi connectivity index (χ0) is 14.7. The molecule has 0 bridgehead atoms. The maximum atomic E-state index is 11.9. The fourth-order valence-electron chi connectivity index (χ4n) is 2.52. The summed E-state index contributed by atoms with van der Waals surface area (Å²) in [5.41, 5.74) is 1.53. The van der Waals surface area contributed by atoms with Crippen molar-refractivity contribution in [2.75, 3.05) is 36.6 Å². The molecule has 2 fully saturated rings. The standard InChI is InChI=1S/C15H18N2O4/c18-14-10-20-9-7-17(14)12-5-3-11(4-6-12)16-15(19)13-2-1-8-21-13/h3-6,13H,1-2,7-10H2,(H,16,19). The lowest BCUT2D eigenvalue weighted by Crippen LogP contribution is -2.41. The minimum atomic E-state index is -0.342. The highest BCUT2D eigenvalue weighted by atomic mass is 16.5. The number of rotatable bonds is 3. The number of nitrogens with zero attached hydrogens (tertiary/aromatic N) is 1. The van der Waals surface area contributed by atoms with Gasteiger partial charge < -0.3 is 19.7 Å². The van der Waals surface area contributed by atoms with Gasteiger partial charge in [0.2, 0.25) is 0 Å². The molecule has 1 aromatic rings. The number of carbonyl (C=O) groups excluding carboxylic acids is 2. The molecule has 0 spiro atoms. The van der Waals surface area contributed by atoms with Gasteiger partial charge in [0.1, 0.15) is 12.7 Å². The van der Waals surface area contributed by atoms with E-state index >= 15 is 0 Å². The first kappa shape index (κ1) is 14.0. The number of benzene rings is 1. The quantitative estimate of drug-likeness (QED) is 0.907. The summed E-state index contributed by atoms with van der Waals surface area (Å²) in [6.45, 7) is 1.87. The Hall–Kier alpha value is -1.92. The second-order valence-electron chi connectivity index (χ2n) is 5.14. The van der Waals surface area contributed by atoms with Gasteiger partial charge in [0, 0.05) is 24.5 Å². The number of hydrogen-bond donors (Lipinski definition) is 1. The Labute approximate surface area is 123 Å². The van der Waals surface area contributed by atoms with Gasteiger partial charge in [0.25, 0.3) is 11.8 Å². The lowest BCUT2D eigenvalue weighted by Gasteiger charge is -2.27. The maximum absolute atomic E-state index is 11.9. The highest BCUT2D eigenvalue weighted by Crippen LogP contribution is 2.21. The Morgan fingerprint density at radius 2 is 2.05 bits per heavy atom. The molecular formula is C15H18N2O4. The van der Waals surface area contributed by atoms with Crippen LogP contribution >= 0.6 is 0 Å². The minimum Gasteiger partial charge on any atom is -0.370 e. The van der Waals surface area contributed by atoms with E-state index in [1.165, 1.54) is 0 Å². The van der Waals surface area contributed by atoms with Gasteiger partial charge in [-0.2, -0.15) is 0 Å². The van der Waals surface area contributed by atoms with E-state index in [0.29, 0.717) is 25.4 Å². The summed E-state index contributed by atoms with van der Waals surface area (Å²) in [5, 5.41) is 2.83. The molecule has 3 rings (SSSR count). The molecule has 1 N–H and O–H groups in total. The van der Waals surface area contributed by atoms with Crippen LogP contribution in [-0.4, -0.2) is 44.3 Å². The number of ether oxygens (including phenoxy) is 2. The van der Waals surface area contributed by atoms with Crippen LogP contribution in [0.4, 0.5) is 11.4 Å². The zero-order valence-electron chi connectivity index (χ0n) is 11.7. The van der Waals surface area contributed by atoms with Gasteiger partial charge in [-0.25, -0.2) is 0 Å². The van der Waals surface area contributed by atoms with Gasteiger partial charge in [0.05, 0.1) is 6.61 Å². The van der Waals surface area contributed by atoms with Crippen LogP contribution in [0.2, 0.25) is 0 Å². The molecule has 6 nitrogen and oxygen atoms in total. The second-order valence-corrected chi connectivity index (χ2v) is 5.14. The van der Waals surface area contributed by atoms with Crippen molar-refractivity contribution in [1.29, 1.82) is 0 Å². The van der Waals surface area contributed by atoms with E-state index in [1.54, 1.807) is 17.0 Å². The van der Waals surface area contributed by atoms with Crippen LogP contribution in [0.3, 0.4) is 0 Å². The van der Waals surface area contributed by atoms with Gasteiger partial charge in [-0.05, 0) is 37.1 Å². The monoisotopic (exact) mass is 290 g/mol. The van der Waals surface area contributed by atoms with Crippen LogP contribution in [0.5, 0.6) is 0 Å². The summed E-state index contributed by atoms with van der Waals surface area (Å²) in [7, 11) is 0. The van der Waals surface area contributed by atoms with Crippen molar-refractivity contribution in [2.24, 2.45) is 0 Å². The van der Waals surface area contributed by atoms with E-state index in [9.17, 15) is 9.59 Å². The summed E-state index contributed by atoms with van der Waals surface area (Å²) in [5.74, 6) is -0.153. The number of anilines is 2.